The summed E-state index contributed by atoms with van der Waals surface area (Å²) in [6.07, 6.45) is 5.32. The number of nitrogens with zero attached hydrogens (tertiary/aromatic N) is 5. The number of aromatic nitrogens is 4. The molecule has 1 fully saturated rings. The number of hydrogen-bond acceptors (Lipinski definition) is 6. The number of anilines is 1. The van der Waals surface area contributed by atoms with Crippen molar-refractivity contribution < 1.29 is 9.53 Å². The van der Waals surface area contributed by atoms with Gasteiger partial charge < -0.3 is 9.64 Å². The molecule has 156 valence electrons. The Balaban J connectivity index is 1.52. The molecule has 0 saturated carbocycles. The van der Waals surface area contributed by atoms with E-state index in [4.69, 9.17) is 9.72 Å². The van der Waals surface area contributed by atoms with E-state index in [2.05, 4.69) is 46.2 Å². The van der Waals surface area contributed by atoms with Gasteiger partial charge in [-0.1, -0.05) is 17.7 Å². The molecule has 0 spiro atoms. The van der Waals surface area contributed by atoms with Crippen LogP contribution in [0.25, 0.3) is 16.9 Å². The molecule has 1 aliphatic heterocycles. The number of piperidine rings is 1. The fraction of sp³-hybridized carbons (Fsp3) is 0.391. The van der Waals surface area contributed by atoms with Gasteiger partial charge in [-0.25, -0.2) is 14.6 Å². The van der Waals surface area contributed by atoms with Crippen molar-refractivity contribution in [3.8, 4) is 16.9 Å². The molecule has 0 atom stereocenters. The fourth-order valence-corrected chi connectivity index (χ4v) is 3.77. The second-order valence-electron chi connectivity index (χ2n) is 7.66. The molecule has 3 heterocycles. The van der Waals surface area contributed by atoms with Gasteiger partial charge in [0.25, 0.3) is 0 Å². The van der Waals surface area contributed by atoms with E-state index in [-0.39, 0.29) is 11.9 Å². The van der Waals surface area contributed by atoms with Crippen LogP contribution < -0.4 is 4.90 Å². The van der Waals surface area contributed by atoms with Crippen molar-refractivity contribution in [1.82, 2.24) is 19.7 Å². The first kappa shape index (κ1) is 20.1. The Morgan fingerprint density at radius 1 is 1.13 bits per heavy atom. The number of rotatable bonds is 5. The average molecular weight is 406 g/mol. The smallest absolute Gasteiger partial charge is 0.309 e. The van der Waals surface area contributed by atoms with Gasteiger partial charge in [0, 0.05) is 31.0 Å². The molecule has 4 rings (SSSR count). The van der Waals surface area contributed by atoms with Crippen LogP contribution in [0.5, 0.6) is 0 Å². The van der Waals surface area contributed by atoms with Crippen molar-refractivity contribution in [1.29, 1.82) is 0 Å². The molecule has 3 aromatic rings. The summed E-state index contributed by atoms with van der Waals surface area (Å²) in [5.41, 5.74) is 4.99. The number of esters is 1. The molecular weight excluding hydrogens is 378 g/mol. The molecule has 0 unspecified atom stereocenters. The van der Waals surface area contributed by atoms with Crippen LogP contribution in [0.2, 0.25) is 0 Å². The molecule has 0 radical (unpaired) electrons. The van der Waals surface area contributed by atoms with E-state index in [1.807, 2.05) is 30.8 Å². The number of carbonyl (C=O) groups is 1. The second-order valence-corrected chi connectivity index (χ2v) is 7.66. The van der Waals surface area contributed by atoms with Crippen molar-refractivity contribution in [3.05, 3.63) is 54.0 Å². The zero-order valence-corrected chi connectivity index (χ0v) is 17.7. The molecule has 7 heteroatoms. The molecule has 0 N–H and O–H groups in total. The fourth-order valence-electron chi connectivity index (χ4n) is 3.77. The Kier molecular flexibility index (Phi) is 5.79. The summed E-state index contributed by atoms with van der Waals surface area (Å²) >= 11 is 0. The minimum absolute atomic E-state index is 0.0284. The lowest BCUT2D eigenvalue weighted by Crippen LogP contribution is -2.37. The predicted octanol–water partition coefficient (Wildman–Crippen LogP) is 3.73. The van der Waals surface area contributed by atoms with Gasteiger partial charge in [0.2, 0.25) is 5.95 Å². The first-order valence-electron chi connectivity index (χ1n) is 10.4. The summed E-state index contributed by atoms with van der Waals surface area (Å²) in [7, 11) is 0. The average Bonchev–Trinajstić information content (AvgIpc) is 3.16. The zero-order valence-electron chi connectivity index (χ0n) is 17.7. The summed E-state index contributed by atoms with van der Waals surface area (Å²) in [5.74, 6) is 0.572. The minimum Gasteiger partial charge on any atom is -0.466 e. The van der Waals surface area contributed by atoms with E-state index in [0.29, 0.717) is 12.6 Å². The van der Waals surface area contributed by atoms with Crippen molar-refractivity contribution >= 4 is 11.9 Å². The molecule has 7 nitrogen and oxygen atoms in total. The van der Waals surface area contributed by atoms with Crippen molar-refractivity contribution in [2.45, 2.75) is 33.6 Å². The molecule has 0 bridgehead atoms. The maximum absolute atomic E-state index is 12.0. The molecule has 30 heavy (non-hydrogen) atoms. The normalized spacial score (nSPS) is 14.7. The van der Waals surface area contributed by atoms with Gasteiger partial charge in [-0.05, 0) is 51.8 Å². The number of carbonyl (C=O) groups excluding carboxylic acids is 1. The molecule has 0 aliphatic carbocycles. The Morgan fingerprint density at radius 3 is 2.57 bits per heavy atom. The van der Waals surface area contributed by atoms with E-state index < -0.39 is 0 Å². The Labute approximate surface area is 176 Å². The molecule has 2 aromatic heterocycles. The molecule has 1 aromatic carbocycles. The summed E-state index contributed by atoms with van der Waals surface area (Å²) in [5, 5.41) is 4.67. The lowest BCUT2D eigenvalue weighted by molar-refractivity contribution is -0.148. The van der Waals surface area contributed by atoms with Gasteiger partial charge >= 0.3 is 5.97 Å². The van der Waals surface area contributed by atoms with Crippen molar-refractivity contribution in [2.24, 2.45) is 5.92 Å². The largest absolute Gasteiger partial charge is 0.466 e. The Morgan fingerprint density at radius 2 is 1.87 bits per heavy atom. The van der Waals surface area contributed by atoms with E-state index in [0.717, 1.165) is 48.6 Å². The maximum atomic E-state index is 12.0. The predicted molar refractivity (Wildman–Crippen MR) is 116 cm³/mol. The third kappa shape index (κ3) is 4.20. The highest BCUT2D eigenvalue weighted by Crippen LogP contribution is 2.26. The van der Waals surface area contributed by atoms with Gasteiger partial charge in [-0.2, -0.15) is 5.10 Å². The van der Waals surface area contributed by atoms with E-state index in [9.17, 15) is 4.79 Å². The van der Waals surface area contributed by atoms with E-state index in [1.54, 1.807) is 6.20 Å². The van der Waals surface area contributed by atoms with Gasteiger partial charge in [-0.15, -0.1) is 0 Å². The lowest BCUT2D eigenvalue weighted by Gasteiger charge is -2.30. The van der Waals surface area contributed by atoms with E-state index >= 15 is 0 Å². The summed E-state index contributed by atoms with van der Waals surface area (Å²) in [4.78, 5) is 23.4. The lowest BCUT2D eigenvalue weighted by atomic mass is 9.97. The second kappa shape index (κ2) is 8.65. The van der Waals surface area contributed by atoms with Gasteiger partial charge in [-0.3, -0.25) is 4.79 Å². The molecule has 1 saturated heterocycles. The van der Waals surface area contributed by atoms with Crippen molar-refractivity contribution in [3.63, 3.8) is 0 Å². The highest BCUT2D eigenvalue weighted by molar-refractivity contribution is 5.72. The van der Waals surface area contributed by atoms with Gasteiger partial charge in [0.05, 0.1) is 29.6 Å². The van der Waals surface area contributed by atoms with Crippen LogP contribution in [0.1, 0.15) is 31.0 Å². The number of hydrogen-bond donors (Lipinski definition) is 0. The summed E-state index contributed by atoms with van der Waals surface area (Å²) < 4.78 is 7.05. The third-order valence-corrected chi connectivity index (χ3v) is 5.51. The van der Waals surface area contributed by atoms with Crippen LogP contribution in [0, 0.1) is 19.8 Å². The maximum Gasteiger partial charge on any atom is 0.309 e. The molecule has 0 amide bonds. The number of benzene rings is 1. The molecule has 1 aliphatic rings. The zero-order chi connectivity index (χ0) is 21.1. The van der Waals surface area contributed by atoms with Crippen LogP contribution in [0.3, 0.4) is 0 Å². The van der Waals surface area contributed by atoms with Crippen LogP contribution in [-0.4, -0.2) is 45.4 Å². The topological polar surface area (TPSA) is 73.1 Å². The summed E-state index contributed by atoms with van der Waals surface area (Å²) in [6.45, 7) is 7.83. The van der Waals surface area contributed by atoms with Gasteiger partial charge in [0.15, 0.2) is 0 Å². The first-order valence-corrected chi connectivity index (χ1v) is 10.4. The SMILES string of the molecule is CCOC(=O)C1CCN(c2nccc(-c3cn(-c4ccc(C)cc4)nc3C)n2)CC1. The monoisotopic (exact) mass is 405 g/mol. The molecular formula is C23H27N5O2. The van der Waals surface area contributed by atoms with Crippen LogP contribution in [0.4, 0.5) is 5.95 Å². The number of aryl methyl sites for hydroxylation is 2. The third-order valence-electron chi connectivity index (χ3n) is 5.51. The van der Waals surface area contributed by atoms with E-state index in [1.165, 1.54) is 5.56 Å². The van der Waals surface area contributed by atoms with Crippen molar-refractivity contribution in [2.75, 3.05) is 24.6 Å². The highest BCUT2D eigenvalue weighted by atomic mass is 16.5. The number of ether oxygens (including phenoxy) is 1. The van der Waals surface area contributed by atoms with Crippen LogP contribution in [0.15, 0.2) is 42.7 Å². The standard InChI is InChI=1S/C23H27N5O2/c1-4-30-22(29)18-10-13-27(14-11-18)23-24-12-9-21(25-23)20-15-28(26-17(20)3)19-7-5-16(2)6-8-19/h5-9,12,15,18H,4,10-11,13-14H2,1-3H3. The first-order chi connectivity index (χ1) is 14.5. The highest BCUT2D eigenvalue weighted by Gasteiger charge is 2.27. The van der Waals surface area contributed by atoms with Gasteiger partial charge in [0.1, 0.15) is 0 Å². The Bertz CT molecular complexity index is 1020. The quantitative estimate of drug-likeness (QED) is 0.602. The Hall–Kier alpha value is -3.22. The minimum atomic E-state index is -0.0917. The van der Waals surface area contributed by atoms with Crippen LogP contribution >= 0.6 is 0 Å². The van der Waals surface area contributed by atoms with Crippen LogP contribution in [-0.2, 0) is 9.53 Å². The summed E-state index contributed by atoms with van der Waals surface area (Å²) in [6, 6.07) is 10.2.